The fraction of sp³-hybridized carbons (Fsp3) is 0.524. The largest absolute Gasteiger partial charge is 0.387 e. The van der Waals surface area contributed by atoms with Crippen molar-refractivity contribution in [3.8, 4) is 11.3 Å². The van der Waals surface area contributed by atoms with Crippen molar-refractivity contribution in [2.45, 2.75) is 44.2 Å². The summed E-state index contributed by atoms with van der Waals surface area (Å²) in [7, 11) is 2.13. The molecule has 4 rings (SSSR count). The van der Waals surface area contributed by atoms with E-state index >= 15 is 0 Å². The van der Waals surface area contributed by atoms with Gasteiger partial charge in [-0.05, 0) is 26.3 Å². The van der Waals surface area contributed by atoms with Crippen LogP contribution in [0.5, 0.6) is 0 Å². The Morgan fingerprint density at radius 2 is 1.88 bits per heavy atom. The van der Waals surface area contributed by atoms with Crippen molar-refractivity contribution >= 4 is 0 Å². The number of aromatic nitrogens is 2. The molecular formula is C21H27N3O2. The van der Waals surface area contributed by atoms with Gasteiger partial charge < -0.3 is 10.0 Å². The minimum atomic E-state index is -0.838. The molecule has 138 valence electrons. The number of nitrogens with zero attached hydrogens (tertiary/aromatic N) is 3. The summed E-state index contributed by atoms with van der Waals surface area (Å²) in [5.74, 6) is 0. The van der Waals surface area contributed by atoms with Crippen molar-refractivity contribution in [1.29, 1.82) is 0 Å². The second kappa shape index (κ2) is 6.63. The summed E-state index contributed by atoms with van der Waals surface area (Å²) < 4.78 is 1.60. The SMILES string of the molecule is CN1CCC(O)(Cn2cnc(-c3ccccc3)cc2=O)C2(CCCC2)C1. The third kappa shape index (κ3) is 2.99. The van der Waals surface area contributed by atoms with Crippen LogP contribution >= 0.6 is 0 Å². The van der Waals surface area contributed by atoms with Crippen LogP contribution < -0.4 is 5.56 Å². The van der Waals surface area contributed by atoms with E-state index in [1.807, 2.05) is 30.3 Å². The molecule has 1 spiro atoms. The molecule has 2 aliphatic rings. The predicted octanol–water partition coefficient (Wildman–Crippen LogP) is 2.54. The first-order valence-corrected chi connectivity index (χ1v) is 9.54. The van der Waals surface area contributed by atoms with Gasteiger partial charge in [-0.2, -0.15) is 0 Å². The first kappa shape index (κ1) is 17.4. The number of rotatable bonds is 3. The van der Waals surface area contributed by atoms with Gasteiger partial charge in [0.15, 0.2) is 0 Å². The molecule has 1 atom stereocenters. The standard InChI is InChI=1S/C21H27N3O2/c1-23-12-11-21(26,20(14-23)9-5-6-10-20)15-24-16-22-18(13-19(24)25)17-7-3-2-4-8-17/h2-4,7-8,13,16,26H,5-6,9-12,14-15H2,1H3. The van der Waals surface area contributed by atoms with E-state index in [-0.39, 0.29) is 11.0 Å². The molecular weight excluding hydrogens is 326 g/mol. The first-order valence-electron chi connectivity index (χ1n) is 9.54. The molecule has 1 aromatic heterocycles. The molecule has 1 saturated carbocycles. The van der Waals surface area contributed by atoms with Crippen LogP contribution in [0.2, 0.25) is 0 Å². The lowest BCUT2D eigenvalue weighted by atomic mass is 9.66. The molecule has 0 radical (unpaired) electrons. The molecule has 5 nitrogen and oxygen atoms in total. The maximum Gasteiger partial charge on any atom is 0.253 e. The van der Waals surface area contributed by atoms with Crippen LogP contribution in [-0.2, 0) is 6.54 Å². The minimum absolute atomic E-state index is 0.0978. The lowest BCUT2D eigenvalue weighted by molar-refractivity contribution is -0.139. The highest BCUT2D eigenvalue weighted by Gasteiger charge is 2.54. The van der Waals surface area contributed by atoms with Crippen LogP contribution in [0, 0.1) is 5.41 Å². The van der Waals surface area contributed by atoms with Gasteiger partial charge in [0.25, 0.3) is 5.56 Å². The lowest BCUT2D eigenvalue weighted by Gasteiger charge is -2.51. The topological polar surface area (TPSA) is 58.4 Å². The molecule has 2 heterocycles. The average Bonchev–Trinajstić information content (AvgIpc) is 3.11. The summed E-state index contributed by atoms with van der Waals surface area (Å²) in [6, 6.07) is 11.3. The van der Waals surface area contributed by atoms with Gasteiger partial charge in [-0.15, -0.1) is 0 Å². The maximum absolute atomic E-state index is 12.7. The fourth-order valence-corrected chi connectivity index (χ4v) is 4.90. The van der Waals surface area contributed by atoms with Crippen molar-refractivity contribution in [1.82, 2.24) is 14.5 Å². The van der Waals surface area contributed by atoms with E-state index in [0.717, 1.165) is 44.3 Å². The van der Waals surface area contributed by atoms with E-state index in [1.165, 1.54) is 0 Å². The van der Waals surface area contributed by atoms with Gasteiger partial charge in [0.2, 0.25) is 0 Å². The summed E-state index contributed by atoms with van der Waals surface area (Å²) in [5, 5.41) is 11.6. The Balaban J connectivity index is 1.63. The quantitative estimate of drug-likeness (QED) is 0.921. The lowest BCUT2D eigenvalue weighted by Crippen LogP contribution is -2.60. The molecule has 2 aromatic rings. The van der Waals surface area contributed by atoms with Gasteiger partial charge >= 0.3 is 0 Å². The smallest absolute Gasteiger partial charge is 0.253 e. The zero-order chi connectivity index (χ0) is 18.2. The Morgan fingerprint density at radius 1 is 1.15 bits per heavy atom. The summed E-state index contributed by atoms with van der Waals surface area (Å²) in [6.45, 7) is 2.11. The van der Waals surface area contributed by atoms with E-state index in [4.69, 9.17) is 0 Å². The van der Waals surface area contributed by atoms with Crippen molar-refractivity contribution in [2.24, 2.45) is 5.41 Å². The van der Waals surface area contributed by atoms with E-state index in [1.54, 1.807) is 17.0 Å². The van der Waals surface area contributed by atoms with Crippen molar-refractivity contribution in [3.05, 3.63) is 53.1 Å². The van der Waals surface area contributed by atoms with Crippen LogP contribution in [0.4, 0.5) is 0 Å². The van der Waals surface area contributed by atoms with Crippen LogP contribution in [0.1, 0.15) is 32.1 Å². The Morgan fingerprint density at radius 3 is 2.58 bits per heavy atom. The monoisotopic (exact) mass is 353 g/mol. The number of hydrogen-bond donors (Lipinski definition) is 1. The molecule has 1 unspecified atom stereocenters. The molecule has 0 amide bonds. The summed E-state index contributed by atoms with van der Waals surface area (Å²) >= 11 is 0. The van der Waals surface area contributed by atoms with Crippen molar-refractivity contribution < 1.29 is 5.11 Å². The highest BCUT2D eigenvalue weighted by molar-refractivity contribution is 5.57. The Hall–Kier alpha value is -1.98. The van der Waals surface area contributed by atoms with Gasteiger partial charge in [0.1, 0.15) is 0 Å². The molecule has 2 fully saturated rings. The average molecular weight is 353 g/mol. The number of hydrogen-bond acceptors (Lipinski definition) is 4. The van der Waals surface area contributed by atoms with E-state index in [2.05, 4.69) is 16.9 Å². The summed E-state index contributed by atoms with van der Waals surface area (Å²) in [6.07, 6.45) is 6.71. The minimum Gasteiger partial charge on any atom is -0.387 e. The van der Waals surface area contributed by atoms with Crippen LogP contribution in [0.25, 0.3) is 11.3 Å². The highest BCUT2D eigenvalue weighted by atomic mass is 16.3. The molecule has 1 N–H and O–H groups in total. The van der Waals surface area contributed by atoms with Gasteiger partial charge in [-0.25, -0.2) is 4.98 Å². The Labute approximate surface area is 154 Å². The van der Waals surface area contributed by atoms with Crippen LogP contribution in [-0.4, -0.2) is 45.3 Å². The Bertz CT molecular complexity index is 827. The first-order chi connectivity index (χ1) is 12.5. The summed E-state index contributed by atoms with van der Waals surface area (Å²) in [5.41, 5.74) is 0.576. The number of likely N-dealkylation sites (tertiary alicyclic amines) is 1. The normalized spacial score (nSPS) is 25.6. The zero-order valence-electron chi connectivity index (χ0n) is 15.4. The molecule has 1 saturated heterocycles. The molecule has 1 aromatic carbocycles. The predicted molar refractivity (Wildman–Crippen MR) is 102 cm³/mol. The van der Waals surface area contributed by atoms with Gasteiger partial charge in [-0.1, -0.05) is 43.2 Å². The number of aliphatic hydroxyl groups is 1. The van der Waals surface area contributed by atoms with Crippen molar-refractivity contribution in [2.75, 3.05) is 20.1 Å². The third-order valence-corrected chi connectivity index (χ3v) is 6.41. The van der Waals surface area contributed by atoms with E-state index < -0.39 is 5.60 Å². The van der Waals surface area contributed by atoms with Crippen LogP contribution in [0.3, 0.4) is 0 Å². The van der Waals surface area contributed by atoms with E-state index in [0.29, 0.717) is 18.7 Å². The molecule has 0 bridgehead atoms. The van der Waals surface area contributed by atoms with E-state index in [9.17, 15) is 9.90 Å². The number of piperidine rings is 1. The maximum atomic E-state index is 12.7. The van der Waals surface area contributed by atoms with Crippen LogP contribution in [0.15, 0.2) is 47.5 Å². The van der Waals surface area contributed by atoms with Gasteiger partial charge in [0.05, 0.1) is 24.2 Å². The van der Waals surface area contributed by atoms with Crippen molar-refractivity contribution in [3.63, 3.8) is 0 Å². The summed E-state index contributed by atoms with van der Waals surface area (Å²) in [4.78, 5) is 19.5. The molecule has 26 heavy (non-hydrogen) atoms. The second-order valence-electron chi connectivity index (χ2n) is 8.11. The third-order valence-electron chi connectivity index (χ3n) is 6.41. The molecule has 1 aliphatic carbocycles. The zero-order valence-corrected chi connectivity index (χ0v) is 15.4. The Kier molecular flexibility index (Phi) is 4.45. The molecule has 1 aliphatic heterocycles. The highest BCUT2D eigenvalue weighted by Crippen LogP contribution is 2.51. The van der Waals surface area contributed by atoms with Gasteiger partial charge in [-0.3, -0.25) is 9.36 Å². The molecule has 5 heteroatoms. The van der Waals surface area contributed by atoms with Gasteiger partial charge in [0, 0.05) is 30.1 Å². The second-order valence-corrected chi connectivity index (χ2v) is 8.11. The number of benzene rings is 1. The fourth-order valence-electron chi connectivity index (χ4n) is 4.90.